The third-order valence-electron chi connectivity index (χ3n) is 2.47. The number of nitrogens with one attached hydrogen (secondary N) is 1. The Kier molecular flexibility index (Phi) is 5.57. The van der Waals surface area contributed by atoms with Gasteiger partial charge in [-0.3, -0.25) is 0 Å². The van der Waals surface area contributed by atoms with Gasteiger partial charge in [0.2, 0.25) is 0 Å². The van der Waals surface area contributed by atoms with E-state index in [1.165, 1.54) is 14.7 Å². The highest BCUT2D eigenvalue weighted by Gasteiger charge is 2.06. The molecule has 1 N–H and O–H groups in total. The summed E-state index contributed by atoms with van der Waals surface area (Å²) in [4.78, 5) is 1.28. The van der Waals surface area contributed by atoms with Crippen molar-refractivity contribution in [2.24, 2.45) is 0 Å². The number of benzene rings is 1. The summed E-state index contributed by atoms with van der Waals surface area (Å²) in [5.74, 6) is 0. The molecular formula is C14H16ClNS2. The lowest BCUT2D eigenvalue weighted by Crippen LogP contribution is -2.14. The number of rotatable bonds is 6. The molecule has 0 aliphatic carbocycles. The van der Waals surface area contributed by atoms with Crippen LogP contribution in [0.3, 0.4) is 0 Å². The van der Waals surface area contributed by atoms with Crippen molar-refractivity contribution < 1.29 is 0 Å². The molecule has 96 valence electrons. The van der Waals surface area contributed by atoms with Crippen molar-refractivity contribution in [1.29, 1.82) is 0 Å². The highest BCUT2D eigenvalue weighted by molar-refractivity contribution is 8.01. The summed E-state index contributed by atoms with van der Waals surface area (Å²) in [7, 11) is 0. The molecule has 0 saturated heterocycles. The molecule has 0 radical (unpaired) electrons. The monoisotopic (exact) mass is 297 g/mol. The smallest absolute Gasteiger partial charge is 0.0646 e. The molecular weight excluding hydrogens is 282 g/mol. The number of hydrogen-bond donors (Lipinski definition) is 1. The Morgan fingerprint density at radius 1 is 1.33 bits per heavy atom. The van der Waals surface area contributed by atoms with Gasteiger partial charge in [-0.05, 0) is 48.2 Å². The average Bonchev–Trinajstić information content (AvgIpc) is 2.86. The van der Waals surface area contributed by atoms with Crippen LogP contribution in [-0.4, -0.2) is 6.54 Å². The van der Waals surface area contributed by atoms with E-state index in [0.29, 0.717) is 0 Å². The fraction of sp³-hybridized carbons (Fsp3) is 0.286. The largest absolute Gasteiger partial charge is 0.313 e. The molecule has 0 amide bonds. The fourth-order valence-electron chi connectivity index (χ4n) is 1.62. The molecule has 0 atom stereocenters. The first-order chi connectivity index (χ1) is 8.79. The van der Waals surface area contributed by atoms with E-state index in [9.17, 15) is 0 Å². The van der Waals surface area contributed by atoms with Crippen LogP contribution in [-0.2, 0) is 6.54 Å². The lowest BCUT2D eigenvalue weighted by atomic mass is 10.2. The Labute approximate surface area is 122 Å². The second-order valence-corrected chi connectivity index (χ2v) is 6.69. The quantitative estimate of drug-likeness (QED) is 0.749. The average molecular weight is 298 g/mol. The highest BCUT2D eigenvalue weighted by Crippen LogP contribution is 2.34. The van der Waals surface area contributed by atoms with E-state index >= 15 is 0 Å². The molecule has 0 fully saturated rings. The molecule has 1 aromatic carbocycles. The standard InChI is InChI=1S/C14H16ClNS2/c1-2-7-16-10-11-9-12(15)5-6-13(11)18-14-4-3-8-17-14/h3-6,8-9,16H,2,7,10H2,1H3. The van der Waals surface area contributed by atoms with Crippen LogP contribution in [0.15, 0.2) is 44.8 Å². The Morgan fingerprint density at radius 2 is 2.22 bits per heavy atom. The lowest BCUT2D eigenvalue weighted by molar-refractivity contribution is 0.669. The first kappa shape index (κ1) is 13.9. The van der Waals surface area contributed by atoms with Crippen molar-refractivity contribution in [3.05, 3.63) is 46.3 Å². The second-order valence-electron chi connectivity index (χ2n) is 3.96. The van der Waals surface area contributed by atoms with E-state index in [1.807, 2.05) is 17.8 Å². The number of hydrogen-bond acceptors (Lipinski definition) is 3. The van der Waals surface area contributed by atoms with Gasteiger partial charge in [0.05, 0.1) is 4.21 Å². The summed E-state index contributed by atoms with van der Waals surface area (Å²) >= 11 is 9.65. The van der Waals surface area contributed by atoms with Gasteiger partial charge in [-0.1, -0.05) is 36.4 Å². The van der Waals surface area contributed by atoms with Crippen molar-refractivity contribution in [1.82, 2.24) is 5.32 Å². The SMILES string of the molecule is CCCNCc1cc(Cl)ccc1Sc1cccs1. The predicted octanol–water partition coefficient (Wildman–Crippen LogP) is 5.05. The third-order valence-corrected chi connectivity index (χ3v) is 4.86. The molecule has 1 aromatic heterocycles. The zero-order chi connectivity index (χ0) is 12.8. The summed E-state index contributed by atoms with van der Waals surface area (Å²) < 4.78 is 1.31. The van der Waals surface area contributed by atoms with Gasteiger partial charge in [0.25, 0.3) is 0 Å². The molecule has 2 aromatic rings. The Hall–Kier alpha value is -0.480. The second kappa shape index (κ2) is 7.19. The van der Waals surface area contributed by atoms with Crippen molar-refractivity contribution in [2.45, 2.75) is 29.0 Å². The summed E-state index contributed by atoms with van der Waals surface area (Å²) in [6.45, 7) is 4.09. The molecule has 18 heavy (non-hydrogen) atoms. The topological polar surface area (TPSA) is 12.0 Å². The molecule has 0 aliphatic rings. The van der Waals surface area contributed by atoms with Gasteiger partial charge >= 0.3 is 0 Å². The minimum absolute atomic E-state index is 0.804. The molecule has 0 aliphatic heterocycles. The first-order valence-corrected chi connectivity index (χ1v) is 8.07. The van der Waals surface area contributed by atoms with E-state index in [2.05, 4.69) is 41.9 Å². The van der Waals surface area contributed by atoms with E-state index in [0.717, 1.165) is 24.5 Å². The van der Waals surface area contributed by atoms with Crippen LogP contribution < -0.4 is 5.32 Å². The predicted molar refractivity (Wildman–Crippen MR) is 81.9 cm³/mol. The van der Waals surface area contributed by atoms with Gasteiger partial charge in [0.1, 0.15) is 0 Å². The minimum Gasteiger partial charge on any atom is -0.313 e. The molecule has 0 saturated carbocycles. The van der Waals surface area contributed by atoms with Gasteiger partial charge in [-0.15, -0.1) is 11.3 Å². The van der Waals surface area contributed by atoms with E-state index in [-0.39, 0.29) is 0 Å². The zero-order valence-corrected chi connectivity index (χ0v) is 12.7. The fourth-order valence-corrected chi connectivity index (χ4v) is 3.65. The lowest BCUT2D eigenvalue weighted by Gasteiger charge is -2.09. The van der Waals surface area contributed by atoms with Gasteiger partial charge in [-0.25, -0.2) is 0 Å². The van der Waals surface area contributed by atoms with Gasteiger partial charge < -0.3 is 5.32 Å². The van der Waals surface area contributed by atoms with Crippen molar-refractivity contribution >= 4 is 34.7 Å². The highest BCUT2D eigenvalue weighted by atomic mass is 35.5. The summed E-state index contributed by atoms with van der Waals surface area (Å²) in [6.07, 6.45) is 1.15. The Morgan fingerprint density at radius 3 is 2.94 bits per heavy atom. The van der Waals surface area contributed by atoms with E-state index in [4.69, 9.17) is 11.6 Å². The zero-order valence-electron chi connectivity index (χ0n) is 10.3. The van der Waals surface area contributed by atoms with Crippen LogP contribution in [0, 0.1) is 0 Å². The Bertz CT molecular complexity index is 483. The molecule has 2 rings (SSSR count). The number of halogens is 1. The van der Waals surface area contributed by atoms with Gasteiger partial charge in [-0.2, -0.15) is 0 Å². The third kappa shape index (κ3) is 4.02. The molecule has 0 bridgehead atoms. The van der Waals surface area contributed by atoms with Crippen LogP contribution in [0.4, 0.5) is 0 Å². The normalized spacial score (nSPS) is 10.8. The van der Waals surface area contributed by atoms with Crippen molar-refractivity contribution in [2.75, 3.05) is 6.54 Å². The molecule has 4 heteroatoms. The molecule has 0 unspecified atom stereocenters. The van der Waals surface area contributed by atoms with Crippen LogP contribution >= 0.6 is 34.7 Å². The molecule has 1 heterocycles. The minimum atomic E-state index is 0.804. The van der Waals surface area contributed by atoms with Crippen LogP contribution in [0.1, 0.15) is 18.9 Å². The molecule has 1 nitrogen and oxygen atoms in total. The molecule has 0 spiro atoms. The Balaban J connectivity index is 2.12. The summed E-state index contributed by atoms with van der Waals surface area (Å²) in [5, 5.41) is 6.34. The van der Waals surface area contributed by atoms with Gasteiger partial charge in [0, 0.05) is 16.5 Å². The van der Waals surface area contributed by atoms with Crippen LogP contribution in [0.25, 0.3) is 0 Å². The van der Waals surface area contributed by atoms with Crippen LogP contribution in [0.2, 0.25) is 5.02 Å². The maximum atomic E-state index is 6.08. The number of thiophene rings is 1. The van der Waals surface area contributed by atoms with Crippen molar-refractivity contribution in [3.63, 3.8) is 0 Å². The van der Waals surface area contributed by atoms with E-state index < -0.39 is 0 Å². The maximum Gasteiger partial charge on any atom is 0.0646 e. The summed E-state index contributed by atoms with van der Waals surface area (Å²) in [5.41, 5.74) is 1.27. The van der Waals surface area contributed by atoms with Gasteiger partial charge in [0.15, 0.2) is 0 Å². The maximum absolute atomic E-state index is 6.08. The van der Waals surface area contributed by atoms with Crippen molar-refractivity contribution in [3.8, 4) is 0 Å². The van der Waals surface area contributed by atoms with E-state index in [1.54, 1.807) is 11.3 Å². The first-order valence-electron chi connectivity index (χ1n) is 6.00. The van der Waals surface area contributed by atoms with Crippen LogP contribution in [0.5, 0.6) is 0 Å². The summed E-state index contributed by atoms with van der Waals surface area (Å²) in [6, 6.07) is 10.3.